The number of ether oxygens (including phenoxy) is 1. The lowest BCUT2D eigenvalue weighted by Gasteiger charge is -2.21. The first-order chi connectivity index (χ1) is 12.9. The summed E-state index contributed by atoms with van der Waals surface area (Å²) in [4.78, 5) is 26.5. The number of nitrogens with one attached hydrogen (secondary N) is 1. The summed E-state index contributed by atoms with van der Waals surface area (Å²) in [5.74, 6) is 0.532. The van der Waals surface area contributed by atoms with Gasteiger partial charge in [-0.05, 0) is 55.2 Å². The summed E-state index contributed by atoms with van der Waals surface area (Å²) in [5.41, 5.74) is 1.38. The molecule has 1 heterocycles. The molecular formula is C21H21N3O3. The maximum absolute atomic E-state index is 12.9. The van der Waals surface area contributed by atoms with E-state index in [0.717, 1.165) is 16.9 Å². The molecule has 2 aromatic carbocycles. The summed E-state index contributed by atoms with van der Waals surface area (Å²) in [7, 11) is 1.61. The molecule has 0 bridgehead atoms. The van der Waals surface area contributed by atoms with E-state index in [9.17, 15) is 9.59 Å². The Labute approximate surface area is 158 Å². The lowest BCUT2D eigenvalue weighted by molar-refractivity contribution is -0.131. The highest BCUT2D eigenvalue weighted by Crippen LogP contribution is 2.25. The van der Waals surface area contributed by atoms with Crippen LogP contribution in [0, 0.1) is 11.3 Å². The van der Waals surface area contributed by atoms with Gasteiger partial charge in [0.05, 0.1) is 25.3 Å². The number of methoxy groups -OCH3 is 1. The molecule has 1 aliphatic heterocycles. The van der Waals surface area contributed by atoms with Gasteiger partial charge >= 0.3 is 6.03 Å². The Morgan fingerprint density at radius 2 is 1.89 bits per heavy atom. The number of carbonyl (C=O) groups excluding carboxylic acids is 2. The monoisotopic (exact) mass is 363 g/mol. The zero-order valence-corrected chi connectivity index (χ0v) is 15.4. The van der Waals surface area contributed by atoms with Gasteiger partial charge in [-0.25, -0.2) is 4.79 Å². The highest BCUT2D eigenvalue weighted by molar-refractivity contribution is 6.06. The molecule has 0 aromatic heterocycles. The normalized spacial score (nSPS) is 18.9. The van der Waals surface area contributed by atoms with Crippen molar-refractivity contribution in [2.24, 2.45) is 0 Å². The summed E-state index contributed by atoms with van der Waals surface area (Å²) in [6, 6.07) is 16.2. The molecule has 1 saturated heterocycles. The number of rotatable bonds is 6. The number of hydrogen-bond donors (Lipinski definition) is 1. The van der Waals surface area contributed by atoms with E-state index < -0.39 is 11.6 Å². The van der Waals surface area contributed by atoms with Crippen LogP contribution in [0.5, 0.6) is 5.75 Å². The maximum atomic E-state index is 12.9. The van der Waals surface area contributed by atoms with Gasteiger partial charge in [0.15, 0.2) is 0 Å². The zero-order chi connectivity index (χ0) is 19.4. The molecule has 6 heteroatoms. The van der Waals surface area contributed by atoms with Crippen LogP contribution in [0.4, 0.5) is 4.79 Å². The first kappa shape index (κ1) is 18.5. The Kier molecular flexibility index (Phi) is 5.13. The van der Waals surface area contributed by atoms with Gasteiger partial charge in [-0.1, -0.05) is 24.3 Å². The van der Waals surface area contributed by atoms with E-state index in [-0.39, 0.29) is 12.5 Å². The van der Waals surface area contributed by atoms with E-state index in [0.29, 0.717) is 18.4 Å². The molecule has 0 unspecified atom stereocenters. The molecule has 0 aliphatic carbocycles. The van der Waals surface area contributed by atoms with Crippen molar-refractivity contribution < 1.29 is 14.3 Å². The van der Waals surface area contributed by atoms with Gasteiger partial charge < -0.3 is 10.1 Å². The van der Waals surface area contributed by atoms with Crippen molar-refractivity contribution in [2.75, 3.05) is 7.11 Å². The number of carbonyl (C=O) groups is 2. The van der Waals surface area contributed by atoms with Gasteiger partial charge in [0.2, 0.25) is 0 Å². The SMILES string of the molecule is COc1ccc(CC[C@@]2(C)NC(=O)N(Cc3cccc(C#N)c3)C2=O)cc1. The lowest BCUT2D eigenvalue weighted by atomic mass is 9.93. The summed E-state index contributed by atoms with van der Waals surface area (Å²) in [6.07, 6.45) is 1.16. The largest absolute Gasteiger partial charge is 0.497 e. The van der Waals surface area contributed by atoms with Gasteiger partial charge in [0.25, 0.3) is 5.91 Å². The molecule has 1 N–H and O–H groups in total. The predicted molar refractivity (Wildman–Crippen MR) is 100.0 cm³/mol. The number of urea groups is 1. The molecule has 0 saturated carbocycles. The molecule has 138 valence electrons. The molecule has 6 nitrogen and oxygen atoms in total. The third kappa shape index (κ3) is 3.93. The minimum atomic E-state index is -0.941. The molecule has 27 heavy (non-hydrogen) atoms. The van der Waals surface area contributed by atoms with Crippen LogP contribution in [-0.2, 0) is 17.8 Å². The van der Waals surface area contributed by atoms with E-state index in [1.165, 1.54) is 4.90 Å². The second kappa shape index (κ2) is 7.50. The fourth-order valence-corrected chi connectivity index (χ4v) is 3.17. The maximum Gasteiger partial charge on any atom is 0.325 e. The Balaban J connectivity index is 1.68. The molecule has 0 spiro atoms. The quantitative estimate of drug-likeness (QED) is 0.800. The summed E-state index contributed by atoms with van der Waals surface area (Å²) in [5, 5.41) is 11.8. The van der Waals surface area contributed by atoms with Crippen molar-refractivity contribution in [3.8, 4) is 11.8 Å². The van der Waals surface area contributed by atoms with Crippen molar-refractivity contribution in [1.82, 2.24) is 10.2 Å². The van der Waals surface area contributed by atoms with Crippen LogP contribution in [0.15, 0.2) is 48.5 Å². The minimum Gasteiger partial charge on any atom is -0.497 e. The van der Waals surface area contributed by atoms with Crippen LogP contribution in [0.3, 0.4) is 0 Å². The lowest BCUT2D eigenvalue weighted by Crippen LogP contribution is -2.44. The molecule has 0 radical (unpaired) electrons. The highest BCUT2D eigenvalue weighted by Gasteiger charge is 2.47. The highest BCUT2D eigenvalue weighted by atomic mass is 16.5. The number of hydrogen-bond acceptors (Lipinski definition) is 4. The minimum absolute atomic E-state index is 0.151. The summed E-state index contributed by atoms with van der Waals surface area (Å²) in [6.45, 7) is 1.90. The Morgan fingerprint density at radius 3 is 2.56 bits per heavy atom. The van der Waals surface area contributed by atoms with E-state index in [4.69, 9.17) is 10.00 Å². The molecular weight excluding hydrogens is 342 g/mol. The van der Waals surface area contributed by atoms with Crippen LogP contribution in [0.1, 0.15) is 30.0 Å². The third-order valence-corrected chi connectivity index (χ3v) is 4.81. The predicted octanol–water partition coefficient (Wildman–Crippen LogP) is 3.01. The van der Waals surface area contributed by atoms with Crippen LogP contribution < -0.4 is 10.1 Å². The first-order valence-corrected chi connectivity index (χ1v) is 8.71. The summed E-state index contributed by atoms with van der Waals surface area (Å²) < 4.78 is 5.15. The van der Waals surface area contributed by atoms with Crippen molar-refractivity contribution in [3.05, 3.63) is 65.2 Å². The second-order valence-electron chi connectivity index (χ2n) is 6.81. The first-order valence-electron chi connectivity index (χ1n) is 8.71. The standard InChI is InChI=1S/C21H21N3O3/c1-21(11-10-15-6-8-18(27-2)9-7-15)19(25)24(20(26)23-21)14-17-5-3-4-16(12-17)13-22/h3-9,12H,10-11,14H2,1-2H3,(H,23,26)/t21-/m1/s1. The van der Waals surface area contributed by atoms with E-state index in [1.54, 1.807) is 38.3 Å². The molecule has 3 rings (SSSR count). The second-order valence-corrected chi connectivity index (χ2v) is 6.81. The third-order valence-electron chi connectivity index (χ3n) is 4.81. The zero-order valence-electron chi connectivity index (χ0n) is 15.4. The molecule has 1 aliphatic rings. The van der Waals surface area contributed by atoms with E-state index in [2.05, 4.69) is 11.4 Å². The van der Waals surface area contributed by atoms with Crippen LogP contribution in [0.25, 0.3) is 0 Å². The smallest absolute Gasteiger partial charge is 0.325 e. The molecule has 2 aromatic rings. The fourth-order valence-electron chi connectivity index (χ4n) is 3.17. The Bertz CT molecular complexity index is 902. The van der Waals surface area contributed by atoms with Crippen molar-refractivity contribution in [1.29, 1.82) is 5.26 Å². The number of benzene rings is 2. The number of nitriles is 1. The number of nitrogens with zero attached hydrogens (tertiary/aromatic N) is 2. The Hall–Kier alpha value is -3.33. The fraction of sp³-hybridized carbons (Fsp3) is 0.286. The van der Waals surface area contributed by atoms with Crippen molar-refractivity contribution in [2.45, 2.75) is 31.8 Å². The van der Waals surface area contributed by atoms with Crippen molar-refractivity contribution >= 4 is 11.9 Å². The van der Waals surface area contributed by atoms with Gasteiger partial charge in [-0.2, -0.15) is 5.26 Å². The van der Waals surface area contributed by atoms with Crippen LogP contribution in [-0.4, -0.2) is 29.5 Å². The molecule has 1 atom stereocenters. The van der Waals surface area contributed by atoms with Gasteiger partial charge in [0, 0.05) is 0 Å². The van der Waals surface area contributed by atoms with Crippen LogP contribution >= 0.6 is 0 Å². The average Bonchev–Trinajstić information content (AvgIpc) is 2.90. The van der Waals surface area contributed by atoms with Crippen LogP contribution in [0.2, 0.25) is 0 Å². The van der Waals surface area contributed by atoms with Gasteiger partial charge in [-0.3, -0.25) is 9.69 Å². The van der Waals surface area contributed by atoms with Gasteiger partial charge in [-0.15, -0.1) is 0 Å². The van der Waals surface area contributed by atoms with E-state index in [1.807, 2.05) is 24.3 Å². The Morgan fingerprint density at radius 1 is 1.15 bits per heavy atom. The summed E-state index contributed by atoms with van der Waals surface area (Å²) >= 11 is 0. The number of aryl methyl sites for hydroxylation is 1. The molecule has 1 fully saturated rings. The van der Waals surface area contributed by atoms with E-state index >= 15 is 0 Å². The topological polar surface area (TPSA) is 82.4 Å². The average molecular weight is 363 g/mol. The number of amides is 3. The van der Waals surface area contributed by atoms with Crippen molar-refractivity contribution in [3.63, 3.8) is 0 Å². The molecule has 3 amide bonds. The number of imide groups is 1. The van der Waals surface area contributed by atoms with Gasteiger partial charge in [0.1, 0.15) is 11.3 Å².